The number of rotatable bonds is 14. The van der Waals surface area contributed by atoms with E-state index in [1.165, 1.54) is 6.92 Å². The summed E-state index contributed by atoms with van der Waals surface area (Å²) in [6.07, 6.45) is -11.1. The summed E-state index contributed by atoms with van der Waals surface area (Å²) < 4.78 is 23.9. The van der Waals surface area contributed by atoms with Gasteiger partial charge in [0.25, 0.3) is 0 Å². The number of hydrogen-bond donors (Lipinski definition) is 13. The van der Waals surface area contributed by atoms with Gasteiger partial charge < -0.3 is 87.6 Å². The molecule has 3 aliphatic rings. The van der Waals surface area contributed by atoms with Crippen molar-refractivity contribution >= 4 is 5.84 Å². The Hall–Kier alpha value is -1.17. The predicted molar refractivity (Wildman–Crippen MR) is 154 cm³/mol. The van der Waals surface area contributed by atoms with Crippen LogP contribution in [-0.4, -0.2) is 178 Å². The number of aliphatic hydroxyl groups excluding tert-OH is 7. The minimum atomic E-state index is -1.72. The number of aliphatic hydroxyl groups is 8. The van der Waals surface area contributed by atoms with Crippen molar-refractivity contribution < 1.29 is 59.8 Å². The maximum Gasteiger partial charge on any atom is 0.185 e. The van der Waals surface area contributed by atoms with Crippen molar-refractivity contribution in [3.63, 3.8) is 0 Å². The molecule has 0 aromatic heterocycles. The van der Waals surface area contributed by atoms with Crippen molar-refractivity contribution in [2.75, 3.05) is 40.0 Å². The summed E-state index contributed by atoms with van der Waals surface area (Å²) in [7, 11) is 1.55. The summed E-state index contributed by atoms with van der Waals surface area (Å²) in [6, 6.07) is -3.31. The fourth-order valence-electron chi connectivity index (χ4n) is 5.77. The van der Waals surface area contributed by atoms with Gasteiger partial charge in [-0.05, 0) is 33.2 Å². The smallest absolute Gasteiger partial charge is 0.185 e. The number of ether oxygens (including phenoxy) is 4. The van der Waals surface area contributed by atoms with Gasteiger partial charge in [-0.15, -0.1) is 0 Å². The van der Waals surface area contributed by atoms with Crippen LogP contribution in [0.5, 0.6) is 0 Å². The third-order valence-electron chi connectivity index (χ3n) is 8.34. The fraction of sp³-hybridized carbons (Fsp3) is 0.962. The summed E-state index contributed by atoms with van der Waals surface area (Å²) in [5.41, 5.74) is 17.2. The minimum absolute atomic E-state index is 0.00297. The zero-order valence-electron chi connectivity index (χ0n) is 25.1. The lowest BCUT2D eigenvalue weighted by Crippen LogP contribution is -2.67. The van der Waals surface area contributed by atoms with Crippen molar-refractivity contribution in [1.82, 2.24) is 10.6 Å². The molecule has 2 saturated heterocycles. The van der Waals surface area contributed by atoms with Crippen LogP contribution in [-0.2, 0) is 18.9 Å². The highest BCUT2D eigenvalue weighted by Gasteiger charge is 2.51. The zero-order chi connectivity index (χ0) is 32.8. The second kappa shape index (κ2) is 16.6. The van der Waals surface area contributed by atoms with Crippen molar-refractivity contribution in [1.29, 1.82) is 0 Å². The van der Waals surface area contributed by atoms with E-state index in [1.807, 2.05) is 0 Å². The average Bonchev–Trinajstić information content (AvgIpc) is 2.98. The number of nitrogens with two attached hydrogens (primary N) is 3. The quantitative estimate of drug-likeness (QED) is 0.0619. The molecular weight excluding hydrogens is 588 g/mol. The van der Waals surface area contributed by atoms with Gasteiger partial charge in [0.1, 0.15) is 48.1 Å². The third kappa shape index (κ3) is 9.22. The Morgan fingerprint density at radius 2 is 1.70 bits per heavy atom. The van der Waals surface area contributed by atoms with Crippen LogP contribution in [0.1, 0.15) is 26.2 Å². The van der Waals surface area contributed by atoms with Crippen molar-refractivity contribution in [2.45, 2.75) is 117 Å². The molecule has 18 nitrogen and oxygen atoms in total. The first kappa shape index (κ1) is 37.3. The first-order chi connectivity index (χ1) is 20.7. The molecule has 0 bridgehead atoms. The van der Waals surface area contributed by atoms with Crippen molar-refractivity contribution in [2.24, 2.45) is 22.2 Å². The van der Waals surface area contributed by atoms with E-state index in [4.69, 9.17) is 41.3 Å². The molecule has 3 fully saturated rings. The first-order valence-corrected chi connectivity index (χ1v) is 14.9. The lowest BCUT2D eigenvalue weighted by molar-refractivity contribution is -0.306. The van der Waals surface area contributed by atoms with E-state index in [1.54, 1.807) is 7.05 Å². The summed E-state index contributed by atoms with van der Waals surface area (Å²) in [5.74, 6) is -0.440. The van der Waals surface area contributed by atoms with Crippen LogP contribution in [0.3, 0.4) is 0 Å². The number of aliphatic imine (C=N–C) groups is 1. The first-order valence-electron chi connectivity index (χ1n) is 14.9. The maximum atomic E-state index is 11.6. The van der Waals surface area contributed by atoms with E-state index in [0.29, 0.717) is 19.4 Å². The Kier molecular flexibility index (Phi) is 14.1. The molecule has 0 aromatic rings. The summed E-state index contributed by atoms with van der Waals surface area (Å²) in [6.45, 7) is 0.611. The van der Waals surface area contributed by atoms with E-state index in [0.717, 1.165) is 0 Å². The Balaban J connectivity index is 1.81. The van der Waals surface area contributed by atoms with Gasteiger partial charge in [-0.2, -0.15) is 0 Å². The molecule has 2 heterocycles. The SMILES string of the molecule is CNC1C(O)C(OC2C(N=C(N)C(O)C(O)CO)CC(N)C(OC3OC(CNCC(O)CO)CCC3N)C2O)OCC1(C)O. The van der Waals surface area contributed by atoms with E-state index in [9.17, 15) is 35.7 Å². The van der Waals surface area contributed by atoms with Crippen LogP contribution in [0, 0.1) is 0 Å². The predicted octanol–water partition coefficient (Wildman–Crippen LogP) is -6.88. The van der Waals surface area contributed by atoms with Crippen LogP contribution in [0.15, 0.2) is 4.99 Å². The van der Waals surface area contributed by atoms with Gasteiger partial charge in [0, 0.05) is 19.1 Å². The normalized spacial score (nSPS) is 42.5. The maximum absolute atomic E-state index is 11.6. The Morgan fingerprint density at radius 3 is 2.34 bits per heavy atom. The summed E-state index contributed by atoms with van der Waals surface area (Å²) in [5, 5.41) is 86.9. The van der Waals surface area contributed by atoms with Gasteiger partial charge in [-0.3, -0.25) is 4.99 Å². The van der Waals surface area contributed by atoms with Gasteiger partial charge in [0.15, 0.2) is 12.6 Å². The lowest BCUT2D eigenvalue weighted by atomic mass is 9.83. The van der Waals surface area contributed by atoms with E-state index in [-0.39, 0.29) is 32.3 Å². The molecule has 2 aliphatic heterocycles. The van der Waals surface area contributed by atoms with Crippen molar-refractivity contribution in [3.8, 4) is 0 Å². The van der Waals surface area contributed by atoms with E-state index in [2.05, 4.69) is 15.6 Å². The molecule has 1 saturated carbocycles. The second-order valence-electron chi connectivity index (χ2n) is 12.1. The average molecular weight is 641 g/mol. The summed E-state index contributed by atoms with van der Waals surface area (Å²) >= 11 is 0. The number of hydrogen-bond acceptors (Lipinski definition) is 17. The molecule has 0 spiro atoms. The largest absolute Gasteiger partial charge is 0.394 e. The number of nitrogens with one attached hydrogen (secondary N) is 2. The van der Waals surface area contributed by atoms with Gasteiger partial charge in [0.05, 0.1) is 50.2 Å². The molecule has 0 amide bonds. The summed E-state index contributed by atoms with van der Waals surface area (Å²) in [4.78, 5) is 4.26. The van der Waals surface area contributed by atoms with Gasteiger partial charge in [-0.25, -0.2) is 0 Å². The number of nitrogens with zero attached hydrogens (tertiary/aromatic N) is 1. The standard InChI is InChI=1S/C26H52N6O12/c1-26(40)10-41-25(19(39)22(26)30-2)44-21-15(32-23(29)17(37)16(36)9-34)5-14(28)20(18(21)38)43-24-13(27)4-3-12(42-24)7-31-6-11(35)8-33/h11-22,24-25,30-31,33-40H,3-10,27-28H2,1-2H3,(H2,29,32). The molecule has 18 heteroatoms. The molecule has 1 aliphatic carbocycles. The highest BCUT2D eigenvalue weighted by atomic mass is 16.7. The third-order valence-corrected chi connectivity index (χ3v) is 8.34. The van der Waals surface area contributed by atoms with Gasteiger partial charge >= 0.3 is 0 Å². The van der Waals surface area contributed by atoms with Crippen molar-refractivity contribution in [3.05, 3.63) is 0 Å². The Labute approximate surface area is 256 Å². The Morgan fingerprint density at radius 1 is 1.02 bits per heavy atom. The molecule has 16 N–H and O–H groups in total. The van der Waals surface area contributed by atoms with Crippen LogP contribution in [0.4, 0.5) is 0 Å². The van der Waals surface area contributed by atoms with E-state index < -0.39 is 97.5 Å². The molecule has 15 unspecified atom stereocenters. The van der Waals surface area contributed by atoms with Crippen LogP contribution >= 0.6 is 0 Å². The highest BCUT2D eigenvalue weighted by Crippen LogP contribution is 2.33. The topological polar surface area (TPSA) is 313 Å². The second-order valence-corrected chi connectivity index (χ2v) is 12.1. The molecular formula is C26H52N6O12. The van der Waals surface area contributed by atoms with Crippen LogP contribution in [0.2, 0.25) is 0 Å². The number of amidine groups is 1. The molecule has 0 aromatic carbocycles. The molecule has 15 atom stereocenters. The molecule has 0 radical (unpaired) electrons. The fourth-order valence-corrected chi connectivity index (χ4v) is 5.77. The zero-order valence-corrected chi connectivity index (χ0v) is 25.1. The highest BCUT2D eigenvalue weighted by molar-refractivity contribution is 5.85. The number of likely N-dealkylation sites (N-methyl/N-ethyl adjacent to an activating group) is 1. The molecule has 258 valence electrons. The Bertz CT molecular complexity index is 908. The van der Waals surface area contributed by atoms with Gasteiger partial charge in [-0.1, -0.05) is 0 Å². The molecule has 44 heavy (non-hydrogen) atoms. The van der Waals surface area contributed by atoms with Gasteiger partial charge in [0.2, 0.25) is 0 Å². The van der Waals surface area contributed by atoms with Crippen LogP contribution < -0.4 is 27.8 Å². The monoisotopic (exact) mass is 640 g/mol. The minimum Gasteiger partial charge on any atom is -0.394 e. The van der Waals surface area contributed by atoms with E-state index >= 15 is 0 Å². The van der Waals surface area contributed by atoms with Crippen LogP contribution in [0.25, 0.3) is 0 Å². The molecule has 3 rings (SSSR count). The lowest BCUT2D eigenvalue weighted by Gasteiger charge is -2.48.